The average Bonchev–Trinajstić information content (AvgIpc) is 2.42. The van der Waals surface area contributed by atoms with E-state index in [2.05, 4.69) is 5.32 Å². The summed E-state index contributed by atoms with van der Waals surface area (Å²) < 4.78 is 0. The van der Waals surface area contributed by atoms with Gasteiger partial charge in [0.25, 0.3) is 5.91 Å². The van der Waals surface area contributed by atoms with Gasteiger partial charge in [-0.3, -0.25) is 9.59 Å². The van der Waals surface area contributed by atoms with Gasteiger partial charge in [-0.25, -0.2) is 0 Å². The van der Waals surface area contributed by atoms with Crippen molar-refractivity contribution in [3.8, 4) is 0 Å². The fourth-order valence-corrected chi connectivity index (χ4v) is 2.70. The van der Waals surface area contributed by atoms with Crippen molar-refractivity contribution < 1.29 is 14.7 Å². The van der Waals surface area contributed by atoms with Gasteiger partial charge in [0.1, 0.15) is 0 Å². The molecular formula is C14H17ClN2O3. The van der Waals surface area contributed by atoms with E-state index in [9.17, 15) is 14.7 Å². The van der Waals surface area contributed by atoms with Crippen molar-refractivity contribution in [1.29, 1.82) is 0 Å². The second-order valence-corrected chi connectivity index (χ2v) is 5.45. The number of anilines is 1. The zero-order chi connectivity index (χ0) is 14.7. The van der Waals surface area contributed by atoms with E-state index in [1.54, 1.807) is 12.1 Å². The van der Waals surface area contributed by atoms with Crippen LogP contribution < -0.4 is 11.1 Å². The smallest absolute Gasteiger partial charge is 0.308 e. The molecule has 0 spiro atoms. The number of benzene rings is 1. The molecule has 0 aromatic heterocycles. The molecule has 1 amide bonds. The van der Waals surface area contributed by atoms with E-state index in [-0.39, 0.29) is 11.9 Å². The summed E-state index contributed by atoms with van der Waals surface area (Å²) in [6.45, 7) is 0. The molecular weight excluding hydrogens is 280 g/mol. The van der Waals surface area contributed by atoms with Crippen molar-refractivity contribution in [2.24, 2.45) is 5.92 Å². The SMILES string of the molecule is Nc1ccc(C(=O)NC2CCCCC2C(=O)O)cc1Cl. The molecule has 0 heterocycles. The second-order valence-electron chi connectivity index (χ2n) is 5.05. The Morgan fingerprint density at radius 3 is 2.65 bits per heavy atom. The molecule has 20 heavy (non-hydrogen) atoms. The van der Waals surface area contributed by atoms with Crippen molar-refractivity contribution in [2.75, 3.05) is 5.73 Å². The number of carboxylic acid groups (broad SMARTS) is 1. The van der Waals surface area contributed by atoms with Crippen LogP contribution in [-0.2, 0) is 4.79 Å². The Balaban J connectivity index is 2.09. The monoisotopic (exact) mass is 296 g/mol. The van der Waals surface area contributed by atoms with Crippen LogP contribution in [0.25, 0.3) is 0 Å². The number of hydrogen-bond acceptors (Lipinski definition) is 3. The molecule has 6 heteroatoms. The first-order chi connectivity index (χ1) is 9.49. The van der Waals surface area contributed by atoms with Gasteiger partial charge in [-0.1, -0.05) is 24.4 Å². The largest absolute Gasteiger partial charge is 0.481 e. The predicted octanol–water partition coefficient (Wildman–Crippen LogP) is 2.30. The van der Waals surface area contributed by atoms with E-state index in [1.807, 2.05) is 0 Å². The number of aliphatic carboxylic acids is 1. The number of halogens is 1. The Hall–Kier alpha value is -1.75. The Kier molecular flexibility index (Phi) is 4.49. The molecule has 0 saturated heterocycles. The van der Waals surface area contributed by atoms with Crippen LogP contribution in [0, 0.1) is 5.92 Å². The summed E-state index contributed by atoms with van der Waals surface area (Å²) in [6.07, 6.45) is 3.10. The number of nitrogens with two attached hydrogens (primary N) is 1. The number of carbonyl (C=O) groups is 2. The van der Waals surface area contributed by atoms with Crippen molar-refractivity contribution >= 4 is 29.2 Å². The number of rotatable bonds is 3. The van der Waals surface area contributed by atoms with E-state index < -0.39 is 11.9 Å². The third-order valence-corrected chi connectivity index (χ3v) is 3.99. The molecule has 4 N–H and O–H groups in total. The molecule has 1 fully saturated rings. The van der Waals surface area contributed by atoms with E-state index in [1.165, 1.54) is 6.07 Å². The van der Waals surface area contributed by atoms with Crippen LogP contribution >= 0.6 is 11.6 Å². The Bertz CT molecular complexity index is 533. The van der Waals surface area contributed by atoms with E-state index in [0.29, 0.717) is 29.1 Å². The van der Waals surface area contributed by atoms with E-state index in [0.717, 1.165) is 12.8 Å². The molecule has 1 aliphatic carbocycles. The third kappa shape index (κ3) is 3.22. The Morgan fingerprint density at radius 1 is 1.30 bits per heavy atom. The molecule has 2 rings (SSSR count). The molecule has 2 unspecified atom stereocenters. The molecule has 108 valence electrons. The van der Waals surface area contributed by atoms with Gasteiger partial charge in [0.15, 0.2) is 0 Å². The first kappa shape index (κ1) is 14.7. The molecule has 2 atom stereocenters. The van der Waals surface area contributed by atoms with Crippen LogP contribution in [0.3, 0.4) is 0 Å². The summed E-state index contributed by atoms with van der Waals surface area (Å²) in [5.74, 6) is -1.69. The van der Waals surface area contributed by atoms with Crippen molar-refractivity contribution in [2.45, 2.75) is 31.7 Å². The molecule has 0 aliphatic heterocycles. The van der Waals surface area contributed by atoms with E-state index >= 15 is 0 Å². The highest BCUT2D eigenvalue weighted by molar-refractivity contribution is 6.33. The van der Waals surface area contributed by atoms with Crippen LogP contribution in [0.5, 0.6) is 0 Å². The number of carboxylic acids is 1. The van der Waals surface area contributed by atoms with Gasteiger partial charge in [0.05, 0.1) is 16.6 Å². The number of carbonyl (C=O) groups excluding carboxylic acids is 1. The maximum atomic E-state index is 12.1. The van der Waals surface area contributed by atoms with Crippen LogP contribution in [0.2, 0.25) is 5.02 Å². The standard InChI is InChI=1S/C14H17ClN2O3/c15-10-7-8(5-6-11(10)16)13(18)17-12-4-2-1-3-9(12)14(19)20/h5-7,9,12H,1-4,16H2,(H,17,18)(H,19,20). The number of amides is 1. The molecule has 0 radical (unpaired) electrons. The molecule has 1 aromatic rings. The van der Waals surface area contributed by atoms with Crippen molar-refractivity contribution in [3.05, 3.63) is 28.8 Å². The predicted molar refractivity (Wildman–Crippen MR) is 76.7 cm³/mol. The summed E-state index contributed by atoms with van der Waals surface area (Å²) in [5.41, 5.74) is 6.39. The van der Waals surface area contributed by atoms with Gasteiger partial charge < -0.3 is 16.2 Å². The molecule has 5 nitrogen and oxygen atoms in total. The Labute approximate surface area is 122 Å². The summed E-state index contributed by atoms with van der Waals surface area (Å²) in [7, 11) is 0. The maximum Gasteiger partial charge on any atom is 0.308 e. The Morgan fingerprint density at radius 2 is 2.00 bits per heavy atom. The normalized spacial score (nSPS) is 22.2. The lowest BCUT2D eigenvalue weighted by molar-refractivity contribution is -0.143. The van der Waals surface area contributed by atoms with Gasteiger partial charge in [0, 0.05) is 11.6 Å². The maximum absolute atomic E-state index is 12.1. The minimum Gasteiger partial charge on any atom is -0.481 e. The van der Waals surface area contributed by atoms with Crippen LogP contribution in [0.15, 0.2) is 18.2 Å². The highest BCUT2D eigenvalue weighted by Gasteiger charge is 2.31. The third-order valence-electron chi connectivity index (χ3n) is 3.66. The summed E-state index contributed by atoms with van der Waals surface area (Å²) >= 11 is 5.88. The first-order valence-corrected chi connectivity index (χ1v) is 6.95. The van der Waals surface area contributed by atoms with Crippen molar-refractivity contribution in [3.63, 3.8) is 0 Å². The highest BCUT2D eigenvalue weighted by atomic mass is 35.5. The summed E-state index contributed by atoms with van der Waals surface area (Å²) in [5, 5.41) is 12.3. The minimum absolute atomic E-state index is 0.315. The number of nitrogen functional groups attached to an aromatic ring is 1. The molecule has 1 aromatic carbocycles. The fraction of sp³-hybridized carbons (Fsp3) is 0.429. The van der Waals surface area contributed by atoms with Crippen molar-refractivity contribution in [1.82, 2.24) is 5.32 Å². The van der Waals surface area contributed by atoms with Gasteiger partial charge in [0.2, 0.25) is 0 Å². The molecule has 1 saturated carbocycles. The summed E-state index contributed by atoms with van der Waals surface area (Å²) in [4.78, 5) is 23.3. The van der Waals surface area contributed by atoms with Gasteiger partial charge in [-0.2, -0.15) is 0 Å². The van der Waals surface area contributed by atoms with Gasteiger partial charge >= 0.3 is 5.97 Å². The number of hydrogen-bond donors (Lipinski definition) is 3. The van der Waals surface area contributed by atoms with Crippen LogP contribution in [-0.4, -0.2) is 23.0 Å². The molecule has 1 aliphatic rings. The topological polar surface area (TPSA) is 92.4 Å². The lowest BCUT2D eigenvalue weighted by Gasteiger charge is -2.29. The minimum atomic E-state index is -0.856. The molecule has 0 bridgehead atoms. The van der Waals surface area contributed by atoms with Crippen LogP contribution in [0.1, 0.15) is 36.0 Å². The van der Waals surface area contributed by atoms with Gasteiger partial charge in [-0.05, 0) is 31.0 Å². The van der Waals surface area contributed by atoms with E-state index in [4.69, 9.17) is 17.3 Å². The lowest BCUT2D eigenvalue weighted by Crippen LogP contribution is -2.45. The second kappa shape index (κ2) is 6.13. The van der Waals surface area contributed by atoms with Crippen LogP contribution in [0.4, 0.5) is 5.69 Å². The zero-order valence-corrected chi connectivity index (χ0v) is 11.7. The quantitative estimate of drug-likeness (QED) is 0.746. The highest BCUT2D eigenvalue weighted by Crippen LogP contribution is 2.25. The van der Waals surface area contributed by atoms with Gasteiger partial charge in [-0.15, -0.1) is 0 Å². The fourth-order valence-electron chi connectivity index (χ4n) is 2.52. The first-order valence-electron chi connectivity index (χ1n) is 6.57. The lowest BCUT2D eigenvalue weighted by atomic mass is 9.84. The zero-order valence-electron chi connectivity index (χ0n) is 10.9. The average molecular weight is 297 g/mol. The number of nitrogens with one attached hydrogen (secondary N) is 1. The summed E-state index contributed by atoms with van der Waals surface area (Å²) in [6, 6.07) is 4.30.